The van der Waals surface area contributed by atoms with Gasteiger partial charge in [-0.3, -0.25) is 24.6 Å². The molecular formula is C13H13FN2O3. The van der Waals surface area contributed by atoms with Crippen molar-refractivity contribution in [3.8, 4) is 0 Å². The number of nitrogens with one attached hydrogen (secondary N) is 1. The zero-order valence-corrected chi connectivity index (χ0v) is 10.2. The van der Waals surface area contributed by atoms with Gasteiger partial charge in [0.05, 0.1) is 19.6 Å². The third-order valence-corrected chi connectivity index (χ3v) is 2.76. The summed E-state index contributed by atoms with van der Waals surface area (Å²) in [4.78, 5) is 35.5. The number of halogens is 1. The first-order valence-corrected chi connectivity index (χ1v) is 5.85. The molecule has 1 N–H and O–H groups in total. The lowest BCUT2D eigenvalue weighted by Gasteiger charge is -2.24. The van der Waals surface area contributed by atoms with Crippen molar-refractivity contribution >= 4 is 17.6 Å². The summed E-state index contributed by atoms with van der Waals surface area (Å²) < 4.78 is 13.4. The smallest absolute Gasteiger partial charge is 0.240 e. The lowest BCUT2D eigenvalue weighted by molar-refractivity contribution is -0.136. The first-order chi connectivity index (χ1) is 9.04. The van der Waals surface area contributed by atoms with Crippen LogP contribution in [0.1, 0.15) is 5.56 Å². The number of piperazine rings is 1. The number of ketones is 1. The lowest BCUT2D eigenvalue weighted by Crippen LogP contribution is -2.52. The summed E-state index contributed by atoms with van der Waals surface area (Å²) in [7, 11) is 0. The number of carbonyl (C=O) groups excluding carboxylic acids is 3. The van der Waals surface area contributed by atoms with Gasteiger partial charge in [0.2, 0.25) is 11.8 Å². The zero-order valence-electron chi connectivity index (χ0n) is 10.2. The Kier molecular flexibility index (Phi) is 4.01. The summed E-state index contributed by atoms with van der Waals surface area (Å²) in [6.45, 7) is -0.0169. The molecule has 1 fully saturated rings. The maximum absolute atomic E-state index is 13.4. The molecule has 0 unspecified atom stereocenters. The largest absolute Gasteiger partial charge is 0.298 e. The maximum Gasteiger partial charge on any atom is 0.240 e. The molecule has 1 heterocycles. The van der Waals surface area contributed by atoms with Gasteiger partial charge in [0.1, 0.15) is 5.82 Å². The van der Waals surface area contributed by atoms with Gasteiger partial charge in [-0.2, -0.15) is 0 Å². The highest BCUT2D eigenvalue weighted by Gasteiger charge is 2.24. The van der Waals surface area contributed by atoms with Crippen molar-refractivity contribution in [2.75, 3.05) is 19.6 Å². The Bertz CT molecular complexity index is 514. The second-order valence-electron chi connectivity index (χ2n) is 4.42. The summed E-state index contributed by atoms with van der Waals surface area (Å²) in [5, 5.41) is 2.15. The fourth-order valence-electron chi connectivity index (χ4n) is 1.97. The van der Waals surface area contributed by atoms with Crippen LogP contribution in [0.5, 0.6) is 0 Å². The van der Waals surface area contributed by atoms with Crippen LogP contribution >= 0.6 is 0 Å². The van der Waals surface area contributed by atoms with Crippen LogP contribution in [0.2, 0.25) is 0 Å². The molecular weight excluding hydrogens is 251 g/mol. The number of carbonyl (C=O) groups is 3. The van der Waals surface area contributed by atoms with E-state index in [1.54, 1.807) is 18.2 Å². The molecule has 0 aromatic heterocycles. The monoisotopic (exact) mass is 264 g/mol. The predicted octanol–water partition coefficient (Wildman–Crippen LogP) is -0.104. The summed E-state index contributed by atoms with van der Waals surface area (Å²) in [5.41, 5.74) is 0.320. The molecule has 1 aliphatic rings. The van der Waals surface area contributed by atoms with Crippen LogP contribution in [0.3, 0.4) is 0 Å². The first kappa shape index (κ1) is 13.4. The second-order valence-corrected chi connectivity index (χ2v) is 4.42. The molecule has 19 heavy (non-hydrogen) atoms. The molecule has 0 aliphatic carbocycles. The number of benzene rings is 1. The van der Waals surface area contributed by atoms with Gasteiger partial charge in [-0.1, -0.05) is 18.2 Å². The highest BCUT2D eigenvalue weighted by Crippen LogP contribution is 2.08. The molecule has 1 aromatic carbocycles. The third-order valence-electron chi connectivity index (χ3n) is 2.76. The van der Waals surface area contributed by atoms with E-state index < -0.39 is 17.6 Å². The molecule has 0 spiro atoms. The molecule has 0 atom stereocenters. The van der Waals surface area contributed by atoms with Crippen molar-refractivity contribution in [1.82, 2.24) is 10.2 Å². The van der Waals surface area contributed by atoms with Crippen LogP contribution in [0, 0.1) is 5.82 Å². The standard InChI is InChI=1S/C13H13FN2O3/c14-11-4-2-1-3-9(11)5-10(17)6-16-7-12(18)15-13(19)8-16/h1-4H,5-8H2,(H,15,18,19). The summed E-state index contributed by atoms with van der Waals surface area (Å²) in [6, 6.07) is 6.04. The lowest BCUT2D eigenvalue weighted by atomic mass is 10.1. The fourth-order valence-corrected chi connectivity index (χ4v) is 1.97. The van der Waals surface area contributed by atoms with E-state index in [1.807, 2.05) is 0 Å². The van der Waals surface area contributed by atoms with E-state index in [-0.39, 0.29) is 31.8 Å². The number of hydrogen-bond donors (Lipinski definition) is 1. The maximum atomic E-state index is 13.4. The Morgan fingerprint density at radius 3 is 2.47 bits per heavy atom. The molecule has 2 amide bonds. The van der Waals surface area contributed by atoms with Crippen LogP contribution in [0.4, 0.5) is 4.39 Å². The number of Topliss-reactive ketones (excluding diaryl/α,β-unsaturated/α-hetero) is 1. The number of amides is 2. The number of imide groups is 1. The summed E-state index contributed by atoms with van der Waals surface area (Å²) >= 11 is 0. The molecule has 0 bridgehead atoms. The topological polar surface area (TPSA) is 66.5 Å². The second kappa shape index (κ2) is 5.71. The average Bonchev–Trinajstić information content (AvgIpc) is 2.30. The molecule has 1 aromatic rings. The third kappa shape index (κ3) is 3.69. The Labute approximate surface area is 109 Å². The van der Waals surface area contributed by atoms with Crippen molar-refractivity contribution in [3.05, 3.63) is 35.6 Å². The highest BCUT2D eigenvalue weighted by atomic mass is 19.1. The van der Waals surface area contributed by atoms with E-state index in [9.17, 15) is 18.8 Å². The van der Waals surface area contributed by atoms with Gasteiger partial charge in [-0.25, -0.2) is 4.39 Å². The molecule has 5 nitrogen and oxygen atoms in total. The SMILES string of the molecule is O=C(Cc1ccccc1F)CN1CC(=O)NC(=O)C1. The fraction of sp³-hybridized carbons (Fsp3) is 0.308. The van der Waals surface area contributed by atoms with Crippen LogP contribution in [0.25, 0.3) is 0 Å². The molecule has 0 radical (unpaired) electrons. The van der Waals surface area contributed by atoms with Crippen molar-refractivity contribution in [3.63, 3.8) is 0 Å². The zero-order chi connectivity index (χ0) is 13.8. The van der Waals surface area contributed by atoms with Gasteiger partial charge in [0.25, 0.3) is 0 Å². The minimum absolute atomic E-state index is 0.00868. The van der Waals surface area contributed by atoms with Crippen molar-refractivity contribution in [2.24, 2.45) is 0 Å². The van der Waals surface area contributed by atoms with E-state index in [4.69, 9.17) is 0 Å². The van der Waals surface area contributed by atoms with Gasteiger partial charge < -0.3 is 0 Å². The van der Waals surface area contributed by atoms with Gasteiger partial charge >= 0.3 is 0 Å². The van der Waals surface area contributed by atoms with E-state index in [2.05, 4.69) is 5.32 Å². The highest BCUT2D eigenvalue weighted by molar-refractivity contribution is 5.99. The number of hydrogen-bond acceptors (Lipinski definition) is 4. The van der Waals surface area contributed by atoms with E-state index >= 15 is 0 Å². The van der Waals surface area contributed by atoms with Gasteiger partial charge in [0, 0.05) is 6.42 Å². The predicted molar refractivity (Wildman–Crippen MR) is 64.7 cm³/mol. The van der Waals surface area contributed by atoms with Crippen LogP contribution in [-0.2, 0) is 20.8 Å². The molecule has 6 heteroatoms. The van der Waals surface area contributed by atoms with Crippen LogP contribution in [0.15, 0.2) is 24.3 Å². The van der Waals surface area contributed by atoms with Crippen molar-refractivity contribution < 1.29 is 18.8 Å². The van der Waals surface area contributed by atoms with E-state index in [0.717, 1.165) is 0 Å². The Morgan fingerprint density at radius 2 is 1.84 bits per heavy atom. The summed E-state index contributed by atoms with van der Waals surface area (Å²) in [5.74, 6) is -1.50. The Morgan fingerprint density at radius 1 is 1.21 bits per heavy atom. The average molecular weight is 264 g/mol. The van der Waals surface area contributed by atoms with Gasteiger partial charge in [-0.05, 0) is 11.6 Å². The minimum atomic E-state index is -0.427. The van der Waals surface area contributed by atoms with Crippen molar-refractivity contribution in [1.29, 1.82) is 0 Å². The molecule has 100 valence electrons. The van der Waals surface area contributed by atoms with Gasteiger partial charge in [0.15, 0.2) is 5.78 Å². The molecule has 1 saturated heterocycles. The van der Waals surface area contributed by atoms with Crippen molar-refractivity contribution in [2.45, 2.75) is 6.42 Å². The van der Waals surface area contributed by atoms with Crippen LogP contribution < -0.4 is 5.32 Å². The minimum Gasteiger partial charge on any atom is -0.298 e. The van der Waals surface area contributed by atoms with Crippen LogP contribution in [-0.4, -0.2) is 42.1 Å². The molecule has 1 aliphatic heterocycles. The Balaban J connectivity index is 1.93. The Hall–Kier alpha value is -2.08. The first-order valence-electron chi connectivity index (χ1n) is 5.85. The molecule has 2 rings (SSSR count). The van der Waals surface area contributed by atoms with E-state index in [0.29, 0.717) is 5.56 Å². The number of nitrogens with zero attached hydrogens (tertiary/aromatic N) is 1. The quantitative estimate of drug-likeness (QED) is 0.771. The summed E-state index contributed by atoms with van der Waals surface area (Å²) in [6.07, 6.45) is -0.0427. The molecule has 0 saturated carbocycles. The normalized spacial score (nSPS) is 16.3. The van der Waals surface area contributed by atoms with E-state index in [1.165, 1.54) is 11.0 Å². The number of rotatable bonds is 4. The van der Waals surface area contributed by atoms with Gasteiger partial charge in [-0.15, -0.1) is 0 Å².